The summed E-state index contributed by atoms with van der Waals surface area (Å²) in [5.74, 6) is 0.954. The molecule has 4 rings (SSSR count). The van der Waals surface area contributed by atoms with E-state index >= 15 is 0 Å². The van der Waals surface area contributed by atoms with E-state index in [0.29, 0.717) is 13.2 Å². The Morgan fingerprint density at radius 1 is 1.41 bits per heavy atom. The second-order valence-electron chi connectivity index (χ2n) is 5.42. The summed E-state index contributed by atoms with van der Waals surface area (Å²) in [4.78, 5) is 10.8. The molecule has 0 saturated carbocycles. The molecule has 1 unspecified atom stereocenters. The molecule has 0 bridgehead atoms. The molecule has 0 spiro atoms. The zero-order chi connectivity index (χ0) is 14.9. The average Bonchev–Trinajstić information content (AvgIpc) is 3.15. The lowest BCUT2D eigenvalue weighted by atomic mass is 10.2. The lowest BCUT2D eigenvalue weighted by Crippen LogP contribution is -2.44. The number of hydrogen-bond acceptors (Lipinski definition) is 6. The predicted octanol–water partition coefficient (Wildman–Crippen LogP) is 0.535. The molecule has 0 amide bonds. The van der Waals surface area contributed by atoms with Gasteiger partial charge in [-0.2, -0.15) is 10.2 Å². The van der Waals surface area contributed by atoms with Crippen molar-refractivity contribution in [2.75, 3.05) is 24.6 Å². The van der Waals surface area contributed by atoms with Crippen molar-refractivity contribution in [1.29, 1.82) is 0 Å². The van der Waals surface area contributed by atoms with Gasteiger partial charge in [0.05, 0.1) is 24.9 Å². The first kappa shape index (κ1) is 13.2. The lowest BCUT2D eigenvalue weighted by Gasteiger charge is -2.33. The van der Waals surface area contributed by atoms with Crippen LogP contribution < -0.4 is 4.90 Å². The first-order chi connectivity index (χ1) is 10.8. The highest BCUT2D eigenvalue weighted by molar-refractivity contribution is 5.69. The van der Waals surface area contributed by atoms with Crippen molar-refractivity contribution in [3.63, 3.8) is 0 Å². The SMILES string of the molecule is Cc1cc2c(N3CCOC(Cn4cncn4)C3)nccn2n1. The standard InChI is InChI=1S/C14H17N7O/c1-11-6-13-14(16-2-3-21(13)18-11)19-4-5-22-12(7-19)8-20-10-15-9-17-20/h2-3,6,9-10,12H,4-5,7-8H2,1H3. The van der Waals surface area contributed by atoms with Gasteiger partial charge in [-0.15, -0.1) is 0 Å². The van der Waals surface area contributed by atoms with Crippen LogP contribution >= 0.6 is 0 Å². The quantitative estimate of drug-likeness (QED) is 0.702. The van der Waals surface area contributed by atoms with Crippen LogP contribution in [0.15, 0.2) is 31.1 Å². The van der Waals surface area contributed by atoms with Gasteiger partial charge in [0, 0.05) is 25.5 Å². The summed E-state index contributed by atoms with van der Waals surface area (Å²) in [7, 11) is 0. The van der Waals surface area contributed by atoms with E-state index in [1.807, 2.05) is 17.6 Å². The van der Waals surface area contributed by atoms with Gasteiger partial charge in [-0.1, -0.05) is 0 Å². The van der Waals surface area contributed by atoms with Crippen molar-refractivity contribution in [3.05, 3.63) is 36.8 Å². The van der Waals surface area contributed by atoms with Crippen molar-refractivity contribution < 1.29 is 4.74 Å². The molecule has 3 aromatic rings. The fraction of sp³-hybridized carbons (Fsp3) is 0.429. The Labute approximate surface area is 127 Å². The van der Waals surface area contributed by atoms with E-state index in [-0.39, 0.29) is 6.10 Å². The van der Waals surface area contributed by atoms with Crippen LogP contribution in [0, 0.1) is 6.92 Å². The third kappa shape index (κ3) is 2.41. The Morgan fingerprint density at radius 2 is 2.36 bits per heavy atom. The molecule has 4 heterocycles. The monoisotopic (exact) mass is 299 g/mol. The van der Waals surface area contributed by atoms with Crippen LogP contribution in [0.25, 0.3) is 5.52 Å². The van der Waals surface area contributed by atoms with Gasteiger partial charge in [0.2, 0.25) is 0 Å². The highest BCUT2D eigenvalue weighted by atomic mass is 16.5. The minimum absolute atomic E-state index is 0.0709. The molecule has 1 aliphatic rings. The third-order valence-electron chi connectivity index (χ3n) is 3.79. The Bertz CT molecular complexity index is 767. The van der Waals surface area contributed by atoms with E-state index in [1.54, 1.807) is 17.2 Å². The van der Waals surface area contributed by atoms with Crippen LogP contribution in [0.2, 0.25) is 0 Å². The van der Waals surface area contributed by atoms with Crippen LogP contribution in [-0.4, -0.2) is 55.2 Å². The maximum Gasteiger partial charge on any atom is 0.154 e. The molecule has 114 valence electrons. The van der Waals surface area contributed by atoms with Gasteiger partial charge in [0.25, 0.3) is 0 Å². The zero-order valence-electron chi connectivity index (χ0n) is 12.3. The fourth-order valence-corrected chi connectivity index (χ4v) is 2.83. The van der Waals surface area contributed by atoms with Crippen molar-refractivity contribution >= 4 is 11.3 Å². The van der Waals surface area contributed by atoms with Gasteiger partial charge in [0.15, 0.2) is 5.82 Å². The molecule has 1 aliphatic heterocycles. The lowest BCUT2D eigenvalue weighted by molar-refractivity contribution is 0.0272. The Hall–Kier alpha value is -2.48. The van der Waals surface area contributed by atoms with Crippen LogP contribution in [-0.2, 0) is 11.3 Å². The molecule has 22 heavy (non-hydrogen) atoms. The molecule has 0 radical (unpaired) electrons. The highest BCUT2D eigenvalue weighted by Gasteiger charge is 2.23. The summed E-state index contributed by atoms with van der Waals surface area (Å²) in [6.07, 6.45) is 6.98. The second-order valence-corrected chi connectivity index (χ2v) is 5.42. The maximum atomic E-state index is 5.84. The molecule has 1 saturated heterocycles. The fourth-order valence-electron chi connectivity index (χ4n) is 2.83. The van der Waals surface area contributed by atoms with Gasteiger partial charge in [-0.3, -0.25) is 4.68 Å². The van der Waals surface area contributed by atoms with Gasteiger partial charge in [0.1, 0.15) is 18.2 Å². The van der Waals surface area contributed by atoms with Crippen LogP contribution in [0.5, 0.6) is 0 Å². The van der Waals surface area contributed by atoms with E-state index in [2.05, 4.69) is 31.1 Å². The number of hydrogen-bond donors (Lipinski definition) is 0. The first-order valence-corrected chi connectivity index (χ1v) is 7.29. The predicted molar refractivity (Wildman–Crippen MR) is 79.7 cm³/mol. The topological polar surface area (TPSA) is 73.4 Å². The minimum atomic E-state index is 0.0709. The van der Waals surface area contributed by atoms with Gasteiger partial charge >= 0.3 is 0 Å². The van der Waals surface area contributed by atoms with Crippen molar-refractivity contribution in [2.45, 2.75) is 19.6 Å². The summed E-state index contributed by atoms with van der Waals surface area (Å²) in [5.41, 5.74) is 2.02. The normalized spacial score (nSPS) is 19.0. The first-order valence-electron chi connectivity index (χ1n) is 7.29. The number of fused-ring (bicyclic) bond motifs is 1. The third-order valence-corrected chi connectivity index (χ3v) is 3.79. The van der Waals surface area contributed by atoms with Gasteiger partial charge in [-0.25, -0.2) is 14.5 Å². The molecule has 8 nitrogen and oxygen atoms in total. The van der Waals surface area contributed by atoms with E-state index in [9.17, 15) is 0 Å². The molecular weight excluding hydrogens is 282 g/mol. The zero-order valence-corrected chi connectivity index (χ0v) is 12.3. The number of rotatable bonds is 3. The summed E-state index contributed by atoms with van der Waals surface area (Å²) in [6.45, 7) is 4.96. The summed E-state index contributed by atoms with van der Waals surface area (Å²) in [5, 5.41) is 8.58. The summed E-state index contributed by atoms with van der Waals surface area (Å²) < 4.78 is 9.51. The maximum absolute atomic E-state index is 5.84. The number of morpholine rings is 1. The molecule has 1 fully saturated rings. The molecule has 0 aliphatic carbocycles. The van der Waals surface area contributed by atoms with Crippen LogP contribution in [0.4, 0.5) is 5.82 Å². The summed E-state index contributed by atoms with van der Waals surface area (Å²) in [6, 6.07) is 2.06. The number of aryl methyl sites for hydroxylation is 1. The van der Waals surface area contributed by atoms with Gasteiger partial charge < -0.3 is 9.64 Å². The minimum Gasteiger partial charge on any atom is -0.373 e. The molecule has 3 aromatic heterocycles. The second kappa shape index (κ2) is 5.38. The Morgan fingerprint density at radius 3 is 3.23 bits per heavy atom. The Kier molecular flexibility index (Phi) is 3.23. The summed E-state index contributed by atoms with van der Waals surface area (Å²) >= 11 is 0. The number of anilines is 1. The number of nitrogens with zero attached hydrogens (tertiary/aromatic N) is 7. The van der Waals surface area contributed by atoms with Crippen molar-refractivity contribution in [2.24, 2.45) is 0 Å². The molecule has 8 heteroatoms. The smallest absolute Gasteiger partial charge is 0.154 e. The van der Waals surface area contributed by atoms with E-state index in [4.69, 9.17) is 4.74 Å². The van der Waals surface area contributed by atoms with Crippen molar-refractivity contribution in [1.82, 2.24) is 29.4 Å². The number of aromatic nitrogens is 6. The van der Waals surface area contributed by atoms with Crippen LogP contribution in [0.1, 0.15) is 5.69 Å². The molecule has 1 atom stereocenters. The molecular formula is C14H17N7O. The van der Waals surface area contributed by atoms with Crippen molar-refractivity contribution in [3.8, 4) is 0 Å². The van der Waals surface area contributed by atoms with E-state index in [0.717, 1.165) is 30.1 Å². The molecule has 0 aromatic carbocycles. The van der Waals surface area contributed by atoms with E-state index < -0.39 is 0 Å². The average molecular weight is 299 g/mol. The van der Waals surface area contributed by atoms with Crippen LogP contribution in [0.3, 0.4) is 0 Å². The molecule has 0 N–H and O–H groups in total. The van der Waals surface area contributed by atoms with Gasteiger partial charge in [-0.05, 0) is 13.0 Å². The van der Waals surface area contributed by atoms with E-state index in [1.165, 1.54) is 6.33 Å². The highest BCUT2D eigenvalue weighted by Crippen LogP contribution is 2.22. The Balaban J connectivity index is 1.58. The largest absolute Gasteiger partial charge is 0.373 e. The number of ether oxygens (including phenoxy) is 1.